The fourth-order valence-corrected chi connectivity index (χ4v) is 4.04. The largest absolute Gasteiger partial charge is 0.548 e. The van der Waals surface area contributed by atoms with Gasteiger partial charge in [0.15, 0.2) is 6.61 Å². The molecular weight excluding hydrogens is 398 g/mol. The zero-order valence-corrected chi connectivity index (χ0v) is 17.1. The van der Waals surface area contributed by atoms with E-state index < -0.39 is 17.9 Å². The molecule has 1 N–H and O–H groups in total. The first-order chi connectivity index (χ1) is 14.9. The summed E-state index contributed by atoms with van der Waals surface area (Å²) in [5.74, 6) is -1.49. The van der Waals surface area contributed by atoms with Crippen LogP contribution in [0.3, 0.4) is 0 Å². The molecule has 4 rings (SSSR count). The van der Waals surface area contributed by atoms with Crippen LogP contribution < -0.4 is 20.8 Å². The summed E-state index contributed by atoms with van der Waals surface area (Å²) in [6.45, 7) is 1.47. The van der Waals surface area contributed by atoms with Crippen molar-refractivity contribution in [3.63, 3.8) is 0 Å². The number of aliphatic carboxylic acids is 1. The van der Waals surface area contributed by atoms with Gasteiger partial charge < -0.3 is 24.4 Å². The Labute approximate surface area is 178 Å². The van der Waals surface area contributed by atoms with Crippen molar-refractivity contribution in [2.75, 3.05) is 6.61 Å². The molecular formula is C24H22NO6-. The van der Waals surface area contributed by atoms with Crippen LogP contribution in [-0.2, 0) is 28.9 Å². The highest BCUT2D eigenvalue weighted by Crippen LogP contribution is 2.35. The molecule has 7 heteroatoms. The van der Waals surface area contributed by atoms with Crippen LogP contribution in [0.4, 0.5) is 0 Å². The maximum absolute atomic E-state index is 12.4. The molecule has 1 aromatic heterocycles. The van der Waals surface area contributed by atoms with Gasteiger partial charge in [-0.2, -0.15) is 0 Å². The molecule has 0 saturated heterocycles. The van der Waals surface area contributed by atoms with E-state index in [1.54, 1.807) is 36.4 Å². The predicted molar refractivity (Wildman–Crippen MR) is 112 cm³/mol. The highest BCUT2D eigenvalue weighted by Gasteiger charge is 2.23. The van der Waals surface area contributed by atoms with E-state index in [9.17, 15) is 19.5 Å². The first kappa shape index (κ1) is 20.7. The van der Waals surface area contributed by atoms with Gasteiger partial charge in [-0.1, -0.05) is 30.3 Å². The molecule has 0 radical (unpaired) electrons. The second kappa shape index (κ2) is 8.63. The van der Waals surface area contributed by atoms with E-state index in [0.717, 1.165) is 29.5 Å². The summed E-state index contributed by atoms with van der Waals surface area (Å²) in [5, 5.41) is 14.6. The van der Waals surface area contributed by atoms with Crippen molar-refractivity contribution in [3.05, 3.63) is 75.1 Å². The van der Waals surface area contributed by atoms with Gasteiger partial charge in [0.25, 0.3) is 5.91 Å². The molecule has 31 heavy (non-hydrogen) atoms. The van der Waals surface area contributed by atoms with E-state index in [-0.39, 0.29) is 18.7 Å². The molecule has 1 aliphatic rings. The number of hydrogen-bond acceptors (Lipinski definition) is 6. The summed E-state index contributed by atoms with van der Waals surface area (Å²) in [6.07, 6.45) is 2.38. The molecule has 7 nitrogen and oxygen atoms in total. The molecule has 0 unspecified atom stereocenters. The third kappa shape index (κ3) is 4.45. The lowest BCUT2D eigenvalue weighted by Gasteiger charge is -2.20. The number of carboxylic acid groups (broad SMARTS) is 1. The predicted octanol–water partition coefficient (Wildman–Crippen LogP) is 1.45. The van der Waals surface area contributed by atoms with Gasteiger partial charge in [-0.3, -0.25) is 4.79 Å². The number of rotatable bonds is 7. The van der Waals surface area contributed by atoms with E-state index in [1.165, 1.54) is 0 Å². The lowest BCUT2D eigenvalue weighted by molar-refractivity contribution is -0.308. The SMILES string of the molecule is Cc1cc(OCC(=O)N[C@@H](Cc2ccccc2)C(=O)[O-])c2c3c(c(=O)oc2c1)CCC3. The maximum Gasteiger partial charge on any atom is 0.339 e. The number of fused-ring (bicyclic) bond motifs is 3. The summed E-state index contributed by atoms with van der Waals surface area (Å²) in [5.41, 5.74) is 3.25. The Balaban J connectivity index is 1.52. The quantitative estimate of drug-likeness (QED) is 0.580. The third-order valence-electron chi connectivity index (χ3n) is 5.44. The van der Waals surface area contributed by atoms with Crippen LogP contribution in [0.5, 0.6) is 5.75 Å². The summed E-state index contributed by atoms with van der Waals surface area (Å²) in [6, 6.07) is 11.4. The van der Waals surface area contributed by atoms with E-state index >= 15 is 0 Å². The summed E-state index contributed by atoms with van der Waals surface area (Å²) in [7, 11) is 0. The lowest BCUT2D eigenvalue weighted by Crippen LogP contribution is -2.50. The molecule has 1 amide bonds. The molecule has 0 fully saturated rings. The molecule has 0 aliphatic heterocycles. The summed E-state index contributed by atoms with van der Waals surface area (Å²) >= 11 is 0. The van der Waals surface area contributed by atoms with Crippen LogP contribution >= 0.6 is 0 Å². The van der Waals surface area contributed by atoms with Gasteiger partial charge in [0.05, 0.1) is 17.4 Å². The number of aryl methyl sites for hydroxylation is 2. The molecule has 0 spiro atoms. The van der Waals surface area contributed by atoms with Crippen molar-refractivity contribution in [3.8, 4) is 5.75 Å². The Morgan fingerprint density at radius 1 is 1.16 bits per heavy atom. The van der Waals surface area contributed by atoms with Gasteiger partial charge in [-0.05, 0) is 61.4 Å². The Morgan fingerprint density at radius 2 is 1.90 bits per heavy atom. The molecule has 1 aliphatic carbocycles. The average molecular weight is 420 g/mol. The van der Waals surface area contributed by atoms with Crippen LogP contribution in [-0.4, -0.2) is 24.5 Å². The molecule has 2 aromatic carbocycles. The highest BCUT2D eigenvalue weighted by molar-refractivity contribution is 5.90. The Kier molecular flexibility index (Phi) is 5.75. The van der Waals surface area contributed by atoms with Crippen molar-refractivity contribution in [1.82, 2.24) is 5.32 Å². The minimum atomic E-state index is -1.36. The van der Waals surface area contributed by atoms with E-state index in [0.29, 0.717) is 28.7 Å². The number of carbonyl (C=O) groups is 2. The normalized spacial score (nSPS) is 13.6. The molecule has 1 atom stereocenters. The van der Waals surface area contributed by atoms with Crippen LogP contribution in [0.1, 0.15) is 28.7 Å². The zero-order valence-electron chi connectivity index (χ0n) is 17.1. The lowest BCUT2D eigenvalue weighted by atomic mass is 10.0. The molecule has 3 aromatic rings. The minimum Gasteiger partial charge on any atom is -0.548 e. The van der Waals surface area contributed by atoms with Gasteiger partial charge in [-0.15, -0.1) is 0 Å². The van der Waals surface area contributed by atoms with Crippen molar-refractivity contribution >= 4 is 22.8 Å². The fourth-order valence-electron chi connectivity index (χ4n) is 4.04. The van der Waals surface area contributed by atoms with Gasteiger partial charge >= 0.3 is 5.63 Å². The number of nitrogens with one attached hydrogen (secondary N) is 1. The minimum absolute atomic E-state index is 0.112. The summed E-state index contributed by atoms with van der Waals surface area (Å²) < 4.78 is 11.2. The van der Waals surface area contributed by atoms with Crippen molar-refractivity contribution in [1.29, 1.82) is 0 Å². The summed E-state index contributed by atoms with van der Waals surface area (Å²) in [4.78, 5) is 36.1. The highest BCUT2D eigenvalue weighted by atomic mass is 16.5. The number of benzene rings is 2. The van der Waals surface area contributed by atoms with Crippen molar-refractivity contribution in [2.45, 2.75) is 38.6 Å². The number of ether oxygens (including phenoxy) is 1. The van der Waals surface area contributed by atoms with Gasteiger partial charge in [0.1, 0.15) is 11.3 Å². The molecule has 0 bridgehead atoms. The van der Waals surface area contributed by atoms with E-state index in [1.807, 2.05) is 13.0 Å². The Morgan fingerprint density at radius 3 is 2.65 bits per heavy atom. The number of amides is 1. The van der Waals surface area contributed by atoms with Crippen molar-refractivity contribution < 1.29 is 23.8 Å². The average Bonchev–Trinajstić information content (AvgIpc) is 3.22. The van der Waals surface area contributed by atoms with E-state index in [4.69, 9.17) is 9.15 Å². The smallest absolute Gasteiger partial charge is 0.339 e. The monoisotopic (exact) mass is 420 g/mol. The van der Waals surface area contributed by atoms with Gasteiger partial charge in [0.2, 0.25) is 0 Å². The zero-order chi connectivity index (χ0) is 22.0. The van der Waals surface area contributed by atoms with Crippen LogP contribution in [0.2, 0.25) is 0 Å². The van der Waals surface area contributed by atoms with E-state index in [2.05, 4.69) is 5.32 Å². The maximum atomic E-state index is 12.4. The van der Waals surface area contributed by atoms with Crippen LogP contribution in [0.25, 0.3) is 11.0 Å². The van der Waals surface area contributed by atoms with Crippen LogP contribution in [0, 0.1) is 6.92 Å². The second-order valence-corrected chi connectivity index (χ2v) is 7.75. The van der Waals surface area contributed by atoms with Gasteiger partial charge in [-0.25, -0.2) is 4.79 Å². The molecule has 0 saturated carbocycles. The topological polar surface area (TPSA) is 109 Å². The molecule has 1 heterocycles. The molecule has 160 valence electrons. The first-order valence-electron chi connectivity index (χ1n) is 10.2. The Hall–Kier alpha value is -3.61. The number of hydrogen-bond donors (Lipinski definition) is 1. The first-order valence-corrected chi connectivity index (χ1v) is 10.2. The van der Waals surface area contributed by atoms with Gasteiger partial charge in [0, 0.05) is 5.56 Å². The second-order valence-electron chi connectivity index (χ2n) is 7.75. The fraction of sp³-hybridized carbons (Fsp3) is 0.292. The van der Waals surface area contributed by atoms with Crippen molar-refractivity contribution in [2.24, 2.45) is 0 Å². The standard InChI is InChI=1S/C24H23NO6/c1-14-10-19(22-16-8-5-9-17(16)24(29)31-20(22)11-14)30-13-21(26)25-18(23(27)28)12-15-6-3-2-4-7-15/h2-4,6-7,10-11,18H,5,8-9,12-13H2,1H3,(H,25,26)(H,27,28)/p-1/t18-/m0/s1. The number of carboxylic acids is 1. The third-order valence-corrected chi connectivity index (χ3v) is 5.44. The van der Waals surface area contributed by atoms with Crippen LogP contribution in [0.15, 0.2) is 51.7 Å². The number of carbonyl (C=O) groups excluding carboxylic acids is 2. The Bertz CT molecular complexity index is 1200.